The SMILES string of the molecule is Fc1cccc(OCCCC[PH3+])c1.[Cl-]. The molecule has 1 aromatic carbocycles. The van der Waals surface area contributed by atoms with Gasteiger partial charge in [0, 0.05) is 6.07 Å². The molecular formula is C10H15ClFOP. The van der Waals surface area contributed by atoms with E-state index < -0.39 is 0 Å². The third-order valence-corrected chi connectivity index (χ3v) is 2.21. The molecule has 80 valence electrons. The summed E-state index contributed by atoms with van der Waals surface area (Å²) in [5.41, 5.74) is 0. The molecule has 0 fully saturated rings. The van der Waals surface area contributed by atoms with E-state index in [9.17, 15) is 4.39 Å². The Hall–Kier alpha value is -0.330. The van der Waals surface area contributed by atoms with Gasteiger partial charge < -0.3 is 17.1 Å². The summed E-state index contributed by atoms with van der Waals surface area (Å²) in [4.78, 5) is 0. The van der Waals surface area contributed by atoms with Gasteiger partial charge in [-0.1, -0.05) is 6.07 Å². The first kappa shape index (κ1) is 13.7. The van der Waals surface area contributed by atoms with Crippen LogP contribution in [-0.4, -0.2) is 12.8 Å². The molecular weight excluding hydrogens is 222 g/mol. The highest BCUT2D eigenvalue weighted by Gasteiger charge is 1.95. The van der Waals surface area contributed by atoms with E-state index in [1.807, 2.05) is 9.24 Å². The second kappa shape index (κ2) is 8.02. The summed E-state index contributed by atoms with van der Waals surface area (Å²) in [5.74, 6) is 0.382. The van der Waals surface area contributed by atoms with Crippen LogP contribution >= 0.6 is 9.24 Å². The van der Waals surface area contributed by atoms with Gasteiger partial charge >= 0.3 is 0 Å². The first-order chi connectivity index (χ1) is 6.33. The van der Waals surface area contributed by atoms with Gasteiger partial charge in [0.25, 0.3) is 0 Å². The molecule has 0 aliphatic heterocycles. The van der Waals surface area contributed by atoms with Gasteiger partial charge in [-0.05, 0) is 34.2 Å². The predicted molar refractivity (Wildman–Crippen MR) is 57.1 cm³/mol. The molecule has 0 aromatic heterocycles. The van der Waals surface area contributed by atoms with Gasteiger partial charge in [-0.2, -0.15) is 0 Å². The standard InChI is InChI=1S/C10H14FOP.ClH/c11-9-4-3-5-10(8-9)12-6-1-2-7-13;/h3-5,8H,1-2,6-7,13H2;1H. The fourth-order valence-corrected chi connectivity index (χ4v) is 1.38. The van der Waals surface area contributed by atoms with E-state index >= 15 is 0 Å². The lowest BCUT2D eigenvalue weighted by Crippen LogP contribution is -3.00. The first-order valence-electron chi connectivity index (χ1n) is 4.50. The number of ether oxygens (including phenoxy) is 1. The van der Waals surface area contributed by atoms with Crippen LogP contribution in [0.1, 0.15) is 12.8 Å². The lowest BCUT2D eigenvalue weighted by molar-refractivity contribution is -0.00000377. The minimum atomic E-state index is -0.241. The Bertz CT molecular complexity index is 258. The van der Waals surface area contributed by atoms with Crippen LogP contribution in [0.4, 0.5) is 4.39 Å². The largest absolute Gasteiger partial charge is 1.00 e. The third-order valence-electron chi connectivity index (χ3n) is 1.71. The molecule has 1 nitrogen and oxygen atoms in total. The Morgan fingerprint density at radius 2 is 2.07 bits per heavy atom. The van der Waals surface area contributed by atoms with Crippen LogP contribution < -0.4 is 17.1 Å². The number of hydrogen-bond donors (Lipinski definition) is 0. The highest BCUT2D eigenvalue weighted by Crippen LogP contribution is 2.12. The molecule has 1 unspecified atom stereocenters. The zero-order valence-electron chi connectivity index (χ0n) is 8.01. The lowest BCUT2D eigenvalue weighted by Gasteiger charge is -2.04. The summed E-state index contributed by atoms with van der Waals surface area (Å²) in [6, 6.07) is 6.26. The van der Waals surface area contributed by atoms with Crippen LogP contribution in [-0.2, 0) is 0 Å². The maximum Gasteiger partial charge on any atom is 0.126 e. The van der Waals surface area contributed by atoms with Crippen LogP contribution in [0.15, 0.2) is 24.3 Å². The van der Waals surface area contributed by atoms with Crippen LogP contribution in [0.3, 0.4) is 0 Å². The Morgan fingerprint density at radius 3 is 2.71 bits per heavy atom. The van der Waals surface area contributed by atoms with Crippen molar-refractivity contribution in [3.8, 4) is 5.75 Å². The number of hydrogen-bond acceptors (Lipinski definition) is 1. The Balaban J connectivity index is 0.00000169. The number of unbranched alkanes of at least 4 members (excludes halogenated alkanes) is 1. The second-order valence-corrected chi connectivity index (χ2v) is 3.57. The maximum absolute atomic E-state index is 12.7. The highest BCUT2D eigenvalue weighted by atomic mass is 35.5. The van der Waals surface area contributed by atoms with Crippen LogP contribution in [0, 0.1) is 5.82 Å². The van der Waals surface area contributed by atoms with Crippen molar-refractivity contribution in [3.63, 3.8) is 0 Å². The smallest absolute Gasteiger partial charge is 0.126 e. The Labute approximate surface area is 92.7 Å². The number of halogens is 2. The average molecular weight is 237 g/mol. The minimum Gasteiger partial charge on any atom is -1.00 e. The molecule has 0 radical (unpaired) electrons. The van der Waals surface area contributed by atoms with E-state index in [-0.39, 0.29) is 18.2 Å². The fraction of sp³-hybridized carbons (Fsp3) is 0.400. The van der Waals surface area contributed by atoms with Crippen LogP contribution in [0.25, 0.3) is 0 Å². The van der Waals surface area contributed by atoms with Crippen molar-refractivity contribution >= 4 is 9.24 Å². The minimum absolute atomic E-state index is 0. The van der Waals surface area contributed by atoms with Crippen molar-refractivity contribution < 1.29 is 21.5 Å². The molecule has 0 spiro atoms. The molecule has 0 saturated heterocycles. The highest BCUT2D eigenvalue weighted by molar-refractivity contribution is 7.16. The van der Waals surface area contributed by atoms with Gasteiger partial charge in [0.1, 0.15) is 11.6 Å². The molecule has 14 heavy (non-hydrogen) atoms. The van der Waals surface area contributed by atoms with E-state index in [2.05, 4.69) is 0 Å². The molecule has 4 heteroatoms. The maximum atomic E-state index is 12.7. The van der Waals surface area contributed by atoms with E-state index in [4.69, 9.17) is 4.74 Å². The second-order valence-electron chi connectivity index (χ2n) is 2.87. The molecule has 1 rings (SSSR count). The molecule has 0 bridgehead atoms. The normalized spacial score (nSPS) is 9.50. The molecule has 1 aromatic rings. The van der Waals surface area contributed by atoms with E-state index in [1.165, 1.54) is 24.7 Å². The quantitative estimate of drug-likeness (QED) is 0.499. The predicted octanol–water partition coefficient (Wildman–Crippen LogP) is -0.404. The summed E-state index contributed by atoms with van der Waals surface area (Å²) >= 11 is 0. The Morgan fingerprint density at radius 1 is 1.29 bits per heavy atom. The van der Waals surface area contributed by atoms with Gasteiger partial charge in [0.15, 0.2) is 0 Å². The lowest BCUT2D eigenvalue weighted by atomic mass is 10.3. The van der Waals surface area contributed by atoms with Crippen LogP contribution in [0.2, 0.25) is 0 Å². The summed E-state index contributed by atoms with van der Waals surface area (Å²) < 4.78 is 18.0. The zero-order valence-corrected chi connectivity index (χ0v) is 10.2. The van der Waals surface area contributed by atoms with Crippen molar-refractivity contribution in [2.75, 3.05) is 12.8 Å². The third kappa shape index (κ3) is 5.41. The molecule has 0 aliphatic rings. The van der Waals surface area contributed by atoms with Crippen molar-refractivity contribution in [1.82, 2.24) is 0 Å². The van der Waals surface area contributed by atoms with Gasteiger partial charge in [-0.3, -0.25) is 0 Å². The molecule has 1 atom stereocenters. The van der Waals surface area contributed by atoms with Gasteiger partial charge in [0.05, 0.1) is 12.8 Å². The summed E-state index contributed by atoms with van der Waals surface area (Å²) in [5, 5.41) is 0. The van der Waals surface area contributed by atoms with E-state index in [0.717, 1.165) is 6.42 Å². The van der Waals surface area contributed by atoms with Gasteiger partial charge in [-0.15, -0.1) is 0 Å². The molecule has 0 N–H and O–H groups in total. The van der Waals surface area contributed by atoms with Crippen molar-refractivity contribution in [1.29, 1.82) is 0 Å². The zero-order chi connectivity index (χ0) is 9.52. The van der Waals surface area contributed by atoms with Crippen molar-refractivity contribution in [2.24, 2.45) is 0 Å². The summed E-state index contributed by atoms with van der Waals surface area (Å²) in [6.45, 7) is 0.682. The molecule has 0 aliphatic carbocycles. The summed E-state index contributed by atoms with van der Waals surface area (Å²) in [7, 11) is 1.96. The van der Waals surface area contributed by atoms with Gasteiger partial charge in [-0.25, -0.2) is 4.39 Å². The van der Waals surface area contributed by atoms with Crippen molar-refractivity contribution in [2.45, 2.75) is 12.8 Å². The van der Waals surface area contributed by atoms with Crippen molar-refractivity contribution in [3.05, 3.63) is 30.1 Å². The van der Waals surface area contributed by atoms with E-state index in [1.54, 1.807) is 12.1 Å². The average Bonchev–Trinajstić information content (AvgIpc) is 2.13. The molecule has 0 amide bonds. The molecule has 0 saturated carbocycles. The fourth-order valence-electron chi connectivity index (χ4n) is 1.03. The summed E-state index contributed by atoms with van der Waals surface area (Å²) in [6.07, 6.45) is 3.42. The van der Waals surface area contributed by atoms with Crippen LogP contribution in [0.5, 0.6) is 5.75 Å². The topological polar surface area (TPSA) is 9.23 Å². The van der Waals surface area contributed by atoms with Gasteiger partial charge in [0.2, 0.25) is 0 Å². The number of rotatable bonds is 5. The number of benzene rings is 1. The first-order valence-corrected chi connectivity index (χ1v) is 5.50. The Kier molecular flexibility index (Phi) is 7.83. The van der Waals surface area contributed by atoms with E-state index in [0.29, 0.717) is 12.4 Å². The molecule has 0 heterocycles. The monoisotopic (exact) mass is 236 g/mol.